The number of anilines is 1. The van der Waals surface area contributed by atoms with Crippen LogP contribution >= 0.6 is 15.9 Å². The maximum Gasteiger partial charge on any atom is 0.137 e. The lowest BCUT2D eigenvalue weighted by molar-refractivity contribution is 0.620. The average Bonchev–Trinajstić information content (AvgIpc) is 2.42. The first-order valence-corrected chi connectivity index (χ1v) is 7.25. The highest BCUT2D eigenvalue weighted by Crippen LogP contribution is 2.18. The Hall–Kier alpha value is -1.35. The largest absolute Gasteiger partial charge is 0.381 e. The fourth-order valence-corrected chi connectivity index (χ4v) is 2.36. The van der Waals surface area contributed by atoms with E-state index in [2.05, 4.69) is 52.4 Å². The maximum absolute atomic E-state index is 13.1. The molecule has 0 spiro atoms. The molecule has 0 saturated heterocycles. The molecule has 0 aliphatic carbocycles. The lowest BCUT2D eigenvalue weighted by Gasteiger charge is -2.08. The van der Waals surface area contributed by atoms with E-state index >= 15 is 0 Å². The van der Waals surface area contributed by atoms with Crippen molar-refractivity contribution in [1.82, 2.24) is 0 Å². The Morgan fingerprint density at radius 3 is 2.37 bits per heavy atom. The molecule has 1 nitrogen and oxygen atoms in total. The van der Waals surface area contributed by atoms with E-state index in [1.54, 1.807) is 12.1 Å². The van der Waals surface area contributed by atoms with Gasteiger partial charge in [-0.25, -0.2) is 4.39 Å². The normalized spacial score (nSPS) is 10.5. The number of aryl methyl sites for hydroxylation is 1. The van der Waals surface area contributed by atoms with Gasteiger partial charge in [-0.2, -0.15) is 0 Å². The number of hydrogen-bond acceptors (Lipinski definition) is 1. The molecular weight excluding hydrogens is 305 g/mol. The molecule has 2 aromatic carbocycles. The summed E-state index contributed by atoms with van der Waals surface area (Å²) in [5.41, 5.74) is 3.49. The first-order chi connectivity index (χ1) is 9.19. The van der Waals surface area contributed by atoms with Gasteiger partial charge in [0, 0.05) is 12.2 Å². The van der Waals surface area contributed by atoms with E-state index in [9.17, 15) is 4.39 Å². The third kappa shape index (κ3) is 4.06. The molecule has 100 valence electrons. The van der Waals surface area contributed by atoms with Crippen LogP contribution in [-0.2, 0) is 13.0 Å². The van der Waals surface area contributed by atoms with Gasteiger partial charge in [0.1, 0.15) is 5.82 Å². The second-order valence-electron chi connectivity index (χ2n) is 4.55. The molecule has 0 fully saturated rings. The van der Waals surface area contributed by atoms with Crippen LogP contribution in [0.5, 0.6) is 0 Å². The van der Waals surface area contributed by atoms with Crippen molar-refractivity contribution in [1.29, 1.82) is 0 Å². The molecule has 1 N–H and O–H groups in total. The van der Waals surface area contributed by atoms with Gasteiger partial charge in [0.15, 0.2) is 0 Å². The van der Waals surface area contributed by atoms with Crippen LogP contribution in [0.1, 0.15) is 24.5 Å². The van der Waals surface area contributed by atoms with E-state index in [0.29, 0.717) is 11.0 Å². The van der Waals surface area contributed by atoms with Crippen molar-refractivity contribution >= 4 is 21.6 Å². The summed E-state index contributed by atoms with van der Waals surface area (Å²) in [4.78, 5) is 0. The summed E-state index contributed by atoms with van der Waals surface area (Å²) in [6.07, 6.45) is 2.28. The molecule has 0 aromatic heterocycles. The van der Waals surface area contributed by atoms with E-state index in [-0.39, 0.29) is 5.82 Å². The molecule has 2 rings (SSSR count). The number of nitrogens with one attached hydrogen (secondary N) is 1. The summed E-state index contributed by atoms with van der Waals surface area (Å²) in [5.74, 6) is -0.229. The second kappa shape index (κ2) is 6.71. The van der Waals surface area contributed by atoms with Gasteiger partial charge >= 0.3 is 0 Å². The Labute approximate surface area is 122 Å². The highest BCUT2D eigenvalue weighted by molar-refractivity contribution is 9.10. The molecule has 0 radical (unpaired) electrons. The van der Waals surface area contributed by atoms with Gasteiger partial charge in [0.05, 0.1) is 4.47 Å². The van der Waals surface area contributed by atoms with Gasteiger partial charge < -0.3 is 5.32 Å². The predicted octanol–water partition coefficient (Wildman–Crippen LogP) is 5.15. The number of halogens is 2. The molecule has 0 aliphatic rings. The molecule has 19 heavy (non-hydrogen) atoms. The van der Waals surface area contributed by atoms with E-state index in [4.69, 9.17) is 0 Å². The SMILES string of the molecule is CCCc1ccc(NCc2ccc(F)c(Br)c2)cc1. The monoisotopic (exact) mass is 321 g/mol. The third-order valence-corrected chi connectivity index (χ3v) is 3.58. The fourth-order valence-electron chi connectivity index (χ4n) is 1.93. The molecule has 2 aromatic rings. The van der Waals surface area contributed by atoms with E-state index in [1.165, 1.54) is 11.6 Å². The minimum Gasteiger partial charge on any atom is -0.381 e. The van der Waals surface area contributed by atoms with Crippen molar-refractivity contribution in [2.45, 2.75) is 26.3 Å². The summed E-state index contributed by atoms with van der Waals surface area (Å²) >= 11 is 3.20. The minimum atomic E-state index is -0.229. The molecule has 0 amide bonds. The van der Waals surface area contributed by atoms with Crippen LogP contribution in [0.3, 0.4) is 0 Å². The first kappa shape index (κ1) is 14.1. The molecule has 0 heterocycles. The molecule has 0 aliphatic heterocycles. The lowest BCUT2D eigenvalue weighted by Crippen LogP contribution is -1.99. The number of rotatable bonds is 5. The fraction of sp³-hybridized carbons (Fsp3) is 0.250. The number of benzene rings is 2. The molecule has 0 atom stereocenters. The first-order valence-electron chi connectivity index (χ1n) is 6.46. The summed E-state index contributed by atoms with van der Waals surface area (Å²) in [6.45, 7) is 2.87. The quantitative estimate of drug-likeness (QED) is 0.802. The van der Waals surface area contributed by atoms with E-state index < -0.39 is 0 Å². The summed E-state index contributed by atoms with van der Waals surface area (Å²) in [7, 11) is 0. The van der Waals surface area contributed by atoms with Crippen LogP contribution < -0.4 is 5.32 Å². The highest BCUT2D eigenvalue weighted by Gasteiger charge is 2.00. The zero-order valence-electron chi connectivity index (χ0n) is 10.9. The van der Waals surface area contributed by atoms with Gasteiger partial charge in [0.2, 0.25) is 0 Å². The Balaban J connectivity index is 1.96. The Morgan fingerprint density at radius 1 is 1.05 bits per heavy atom. The smallest absolute Gasteiger partial charge is 0.137 e. The van der Waals surface area contributed by atoms with Crippen molar-refractivity contribution in [3.8, 4) is 0 Å². The molecule has 0 unspecified atom stereocenters. The van der Waals surface area contributed by atoms with Crippen molar-refractivity contribution in [3.63, 3.8) is 0 Å². The van der Waals surface area contributed by atoms with Crippen molar-refractivity contribution in [2.24, 2.45) is 0 Å². The third-order valence-electron chi connectivity index (χ3n) is 2.97. The van der Waals surface area contributed by atoms with Crippen LogP contribution in [0.25, 0.3) is 0 Å². The lowest BCUT2D eigenvalue weighted by atomic mass is 10.1. The topological polar surface area (TPSA) is 12.0 Å². The van der Waals surface area contributed by atoms with Crippen LogP contribution in [0.15, 0.2) is 46.9 Å². The average molecular weight is 322 g/mol. The molecule has 3 heteroatoms. The molecule has 0 bridgehead atoms. The van der Waals surface area contributed by atoms with Crippen LogP contribution in [0.4, 0.5) is 10.1 Å². The standard InChI is InChI=1S/C16H17BrFN/c1-2-3-12-4-7-14(8-5-12)19-11-13-6-9-16(18)15(17)10-13/h4-10,19H,2-3,11H2,1H3. The van der Waals surface area contributed by atoms with Crippen LogP contribution in [0.2, 0.25) is 0 Å². The molecule has 0 saturated carbocycles. The van der Waals surface area contributed by atoms with Crippen molar-refractivity contribution in [3.05, 3.63) is 63.9 Å². The van der Waals surface area contributed by atoms with Gasteiger partial charge in [-0.3, -0.25) is 0 Å². The zero-order valence-corrected chi connectivity index (χ0v) is 12.5. The van der Waals surface area contributed by atoms with Gasteiger partial charge in [-0.15, -0.1) is 0 Å². The summed E-state index contributed by atoms with van der Waals surface area (Å²) < 4.78 is 13.6. The van der Waals surface area contributed by atoms with E-state index in [0.717, 1.165) is 24.1 Å². The predicted molar refractivity (Wildman–Crippen MR) is 81.9 cm³/mol. The number of hydrogen-bond donors (Lipinski definition) is 1. The molecular formula is C16H17BrFN. The van der Waals surface area contributed by atoms with Gasteiger partial charge in [-0.05, 0) is 57.7 Å². The van der Waals surface area contributed by atoms with Gasteiger partial charge in [0.25, 0.3) is 0 Å². The van der Waals surface area contributed by atoms with Crippen molar-refractivity contribution < 1.29 is 4.39 Å². The Morgan fingerprint density at radius 2 is 1.74 bits per heavy atom. The summed E-state index contributed by atoms with van der Waals surface area (Å²) in [6, 6.07) is 13.5. The van der Waals surface area contributed by atoms with Crippen LogP contribution in [0, 0.1) is 5.82 Å². The Bertz CT molecular complexity index is 537. The van der Waals surface area contributed by atoms with Gasteiger partial charge in [-0.1, -0.05) is 31.5 Å². The summed E-state index contributed by atoms with van der Waals surface area (Å²) in [5, 5.41) is 3.33. The Kier molecular flexibility index (Phi) is 4.97. The second-order valence-corrected chi connectivity index (χ2v) is 5.40. The maximum atomic E-state index is 13.1. The van der Waals surface area contributed by atoms with E-state index in [1.807, 2.05) is 0 Å². The highest BCUT2D eigenvalue weighted by atomic mass is 79.9. The van der Waals surface area contributed by atoms with Crippen molar-refractivity contribution in [2.75, 3.05) is 5.32 Å². The minimum absolute atomic E-state index is 0.229. The zero-order chi connectivity index (χ0) is 13.7. The van der Waals surface area contributed by atoms with Crippen LogP contribution in [-0.4, -0.2) is 0 Å².